The molecule has 0 fully saturated rings. The van der Waals surface area contributed by atoms with Crippen LogP contribution in [0.1, 0.15) is 43.6 Å². The Morgan fingerprint density at radius 3 is 2.30 bits per heavy atom. The molecule has 7 nitrogen and oxygen atoms in total. The standard InChI is InChI=1S/C9H9NO.C7H11NO2.C2H4O2.C2H6/c1-10-6-7-4-2-3-5-8(7)9(10)11;1-4-5-6(2)8-7(9)10-3;1-4-2-3;1-2/h2-5H,6H2,1H3;6H,1-3H3,(H,8,9);2H,1H3;1-2H3/t;6-;;/m.1../s1. The van der Waals surface area contributed by atoms with Crippen LogP contribution in [-0.4, -0.2) is 50.7 Å². The second kappa shape index (κ2) is 16.5. The minimum absolute atomic E-state index is 0.139. The number of hydrogen-bond acceptors (Lipinski definition) is 5. The predicted octanol–water partition coefficient (Wildman–Crippen LogP) is 2.84. The molecule has 1 aliphatic rings. The number of hydrogen-bond donors (Lipinski definition) is 1. The Morgan fingerprint density at radius 2 is 1.85 bits per heavy atom. The van der Waals surface area contributed by atoms with E-state index < -0.39 is 6.09 Å². The lowest BCUT2D eigenvalue weighted by atomic mass is 10.1. The van der Waals surface area contributed by atoms with Gasteiger partial charge in [0.25, 0.3) is 12.4 Å². The first kappa shape index (κ1) is 26.2. The smallest absolute Gasteiger partial charge is 0.407 e. The summed E-state index contributed by atoms with van der Waals surface area (Å²) in [5.41, 5.74) is 2.00. The van der Waals surface area contributed by atoms with Crippen molar-refractivity contribution in [2.75, 3.05) is 21.3 Å². The molecule has 1 heterocycles. The number of rotatable bonds is 2. The van der Waals surface area contributed by atoms with Crippen LogP contribution < -0.4 is 5.32 Å². The summed E-state index contributed by atoms with van der Waals surface area (Å²) in [5, 5.41) is 2.50. The highest BCUT2D eigenvalue weighted by Crippen LogP contribution is 2.19. The highest BCUT2D eigenvalue weighted by atomic mass is 16.5. The number of amides is 2. The van der Waals surface area contributed by atoms with E-state index in [2.05, 4.69) is 26.6 Å². The first-order valence-electron chi connectivity index (χ1n) is 8.47. The number of alkyl carbamates (subject to hydrolysis) is 1. The normalized spacial score (nSPS) is 11.2. The Kier molecular flexibility index (Phi) is 16.0. The second-order valence-electron chi connectivity index (χ2n) is 4.90. The fraction of sp³-hybridized carbons (Fsp3) is 0.450. The van der Waals surface area contributed by atoms with Crippen LogP contribution in [0.25, 0.3) is 0 Å². The van der Waals surface area contributed by atoms with Crippen LogP contribution in [0.5, 0.6) is 0 Å². The first-order valence-corrected chi connectivity index (χ1v) is 8.47. The van der Waals surface area contributed by atoms with Crippen LogP contribution in [0.15, 0.2) is 24.3 Å². The van der Waals surface area contributed by atoms with Gasteiger partial charge in [-0.15, -0.1) is 5.92 Å². The Hall–Kier alpha value is -3.01. The molecule has 0 aromatic heterocycles. The highest BCUT2D eigenvalue weighted by Gasteiger charge is 2.22. The van der Waals surface area contributed by atoms with Gasteiger partial charge in [-0.25, -0.2) is 4.79 Å². The monoisotopic (exact) mass is 378 g/mol. The maximum absolute atomic E-state index is 11.3. The molecule has 150 valence electrons. The Bertz CT molecular complexity index is 635. The molecule has 7 heteroatoms. The van der Waals surface area contributed by atoms with Gasteiger partial charge in [-0.2, -0.15) is 0 Å². The van der Waals surface area contributed by atoms with Crippen LogP contribution in [-0.2, 0) is 20.8 Å². The van der Waals surface area contributed by atoms with Gasteiger partial charge in [0.1, 0.15) is 0 Å². The molecule has 0 radical (unpaired) electrons. The Balaban J connectivity index is 0. The van der Waals surface area contributed by atoms with Crippen molar-refractivity contribution in [1.29, 1.82) is 0 Å². The van der Waals surface area contributed by atoms with Crippen molar-refractivity contribution in [1.82, 2.24) is 10.2 Å². The van der Waals surface area contributed by atoms with Gasteiger partial charge in [0.15, 0.2) is 0 Å². The van der Waals surface area contributed by atoms with E-state index in [0.29, 0.717) is 6.47 Å². The zero-order valence-electron chi connectivity index (χ0n) is 17.2. The summed E-state index contributed by atoms with van der Waals surface area (Å²) in [6.07, 6.45) is -0.449. The van der Waals surface area contributed by atoms with E-state index in [1.807, 2.05) is 45.2 Å². The van der Waals surface area contributed by atoms with Crippen molar-refractivity contribution in [3.63, 3.8) is 0 Å². The summed E-state index contributed by atoms with van der Waals surface area (Å²) in [6, 6.07) is 7.59. The Labute approximate surface area is 162 Å². The molecule has 1 aromatic carbocycles. The van der Waals surface area contributed by atoms with Crippen molar-refractivity contribution in [3.8, 4) is 11.8 Å². The van der Waals surface area contributed by atoms with Gasteiger partial charge in [0.05, 0.1) is 20.3 Å². The third-order valence-corrected chi connectivity index (χ3v) is 2.98. The van der Waals surface area contributed by atoms with Crippen LogP contribution >= 0.6 is 0 Å². The van der Waals surface area contributed by atoms with Crippen molar-refractivity contribution in [3.05, 3.63) is 35.4 Å². The minimum atomic E-state index is -0.449. The third-order valence-electron chi connectivity index (χ3n) is 2.98. The molecule has 0 unspecified atom stereocenters. The van der Waals surface area contributed by atoms with Gasteiger partial charge in [0, 0.05) is 19.2 Å². The summed E-state index contributed by atoms with van der Waals surface area (Å²) in [4.78, 5) is 32.5. The zero-order chi connectivity index (χ0) is 21.2. The van der Waals surface area contributed by atoms with Crippen LogP contribution in [0.2, 0.25) is 0 Å². The lowest BCUT2D eigenvalue weighted by Gasteiger charge is -2.04. The van der Waals surface area contributed by atoms with E-state index in [4.69, 9.17) is 4.79 Å². The molecule has 0 spiro atoms. The summed E-state index contributed by atoms with van der Waals surface area (Å²) in [7, 11) is 4.46. The molecule has 27 heavy (non-hydrogen) atoms. The quantitative estimate of drug-likeness (QED) is 0.632. The molecule has 0 saturated carbocycles. The van der Waals surface area contributed by atoms with Gasteiger partial charge in [-0.3, -0.25) is 9.59 Å². The topological polar surface area (TPSA) is 84.9 Å². The summed E-state index contributed by atoms with van der Waals surface area (Å²) in [6.45, 7) is 8.64. The number of nitrogens with one attached hydrogen (secondary N) is 1. The van der Waals surface area contributed by atoms with Crippen LogP contribution in [0.3, 0.4) is 0 Å². The Morgan fingerprint density at radius 1 is 1.30 bits per heavy atom. The van der Waals surface area contributed by atoms with Gasteiger partial charge < -0.3 is 19.7 Å². The molecule has 0 aliphatic carbocycles. The number of benzene rings is 1. The molecule has 0 saturated heterocycles. The van der Waals surface area contributed by atoms with Crippen molar-refractivity contribution >= 4 is 18.5 Å². The summed E-state index contributed by atoms with van der Waals surface area (Å²) >= 11 is 0. The average Bonchev–Trinajstić information content (AvgIpc) is 2.98. The summed E-state index contributed by atoms with van der Waals surface area (Å²) in [5.74, 6) is 5.56. The van der Waals surface area contributed by atoms with Crippen molar-refractivity contribution in [2.24, 2.45) is 0 Å². The lowest BCUT2D eigenvalue weighted by molar-refractivity contribution is -0.126. The number of nitrogens with zero attached hydrogens (tertiary/aromatic N) is 1. The largest absolute Gasteiger partial charge is 0.471 e. The molecule has 2 rings (SSSR count). The molecule has 1 aliphatic heterocycles. The SMILES string of the molecule is CC.CC#C[C@@H](C)NC(=O)OC.CN1Cc2ccccc2C1=O.COC=O. The maximum Gasteiger partial charge on any atom is 0.407 e. The number of methoxy groups -OCH3 is 2. The highest BCUT2D eigenvalue weighted by molar-refractivity contribution is 5.98. The molecule has 1 aromatic rings. The molecule has 1 N–H and O–H groups in total. The average molecular weight is 378 g/mol. The van der Waals surface area contributed by atoms with Gasteiger partial charge >= 0.3 is 6.09 Å². The van der Waals surface area contributed by atoms with Gasteiger partial charge in [-0.1, -0.05) is 38.0 Å². The fourth-order valence-electron chi connectivity index (χ4n) is 1.89. The molecular weight excluding hydrogens is 348 g/mol. The lowest BCUT2D eigenvalue weighted by Crippen LogP contribution is -2.31. The van der Waals surface area contributed by atoms with Gasteiger partial charge in [0.2, 0.25) is 0 Å². The van der Waals surface area contributed by atoms with Gasteiger partial charge in [-0.05, 0) is 25.5 Å². The van der Waals surface area contributed by atoms with Crippen LogP contribution in [0, 0.1) is 11.8 Å². The fourth-order valence-corrected chi connectivity index (χ4v) is 1.89. The van der Waals surface area contributed by atoms with E-state index in [9.17, 15) is 9.59 Å². The predicted molar refractivity (Wildman–Crippen MR) is 105 cm³/mol. The van der Waals surface area contributed by atoms with E-state index >= 15 is 0 Å². The molecule has 1 atom stereocenters. The number of carbonyl (C=O) groups excluding carboxylic acids is 3. The summed E-state index contributed by atoms with van der Waals surface area (Å²) < 4.78 is 8.21. The molecule has 0 bridgehead atoms. The number of carbonyl (C=O) groups is 3. The molecular formula is C20H30N2O5. The van der Waals surface area contributed by atoms with Crippen LogP contribution in [0.4, 0.5) is 4.79 Å². The number of fused-ring (bicyclic) bond motifs is 1. The van der Waals surface area contributed by atoms with E-state index in [1.165, 1.54) is 14.2 Å². The third kappa shape index (κ3) is 11.3. The van der Waals surface area contributed by atoms with E-state index in [0.717, 1.165) is 17.7 Å². The van der Waals surface area contributed by atoms with Crippen molar-refractivity contribution < 1.29 is 23.9 Å². The number of ether oxygens (including phenoxy) is 2. The van der Waals surface area contributed by atoms with Crippen molar-refractivity contribution in [2.45, 2.75) is 40.3 Å². The first-order chi connectivity index (χ1) is 12.9. The second-order valence-corrected chi connectivity index (χ2v) is 4.90. The van der Waals surface area contributed by atoms with E-state index in [1.54, 1.807) is 18.7 Å². The maximum atomic E-state index is 11.3. The van der Waals surface area contributed by atoms with E-state index in [-0.39, 0.29) is 11.9 Å². The molecule has 2 amide bonds. The zero-order valence-corrected chi connectivity index (χ0v) is 17.2. The minimum Gasteiger partial charge on any atom is -0.471 e.